The van der Waals surface area contributed by atoms with Gasteiger partial charge >= 0.3 is 0 Å². The molecule has 0 bridgehead atoms. The summed E-state index contributed by atoms with van der Waals surface area (Å²) in [5, 5.41) is 8.77. The summed E-state index contributed by atoms with van der Waals surface area (Å²) in [5.74, 6) is -0.239. The van der Waals surface area contributed by atoms with E-state index in [0.29, 0.717) is 5.56 Å². The van der Waals surface area contributed by atoms with Crippen LogP contribution in [0.1, 0.15) is 37.7 Å². The first-order valence-electron chi connectivity index (χ1n) is 5.77. The Balaban J connectivity index is 2.16. The van der Waals surface area contributed by atoms with E-state index in [0.717, 1.165) is 25.7 Å². The lowest BCUT2D eigenvalue weighted by molar-refractivity contribution is 0.148. The van der Waals surface area contributed by atoms with E-state index in [9.17, 15) is 4.39 Å². The molecule has 0 spiro atoms. The molecule has 0 atom stereocenters. The van der Waals surface area contributed by atoms with E-state index in [4.69, 9.17) is 10.00 Å². The van der Waals surface area contributed by atoms with Crippen molar-refractivity contribution in [1.82, 2.24) is 0 Å². The number of benzene rings is 1. The zero-order valence-corrected chi connectivity index (χ0v) is 11.0. The SMILES string of the molecule is N#Cc1ccc(OC2CCCCC2)c(F)c1Br. The molecule has 0 amide bonds. The van der Waals surface area contributed by atoms with Gasteiger partial charge in [-0.1, -0.05) is 6.42 Å². The van der Waals surface area contributed by atoms with Crippen LogP contribution >= 0.6 is 15.9 Å². The Hall–Kier alpha value is -1.08. The number of nitrogens with zero attached hydrogens (tertiary/aromatic N) is 1. The molecule has 1 aliphatic rings. The molecule has 17 heavy (non-hydrogen) atoms. The van der Waals surface area contributed by atoms with E-state index >= 15 is 0 Å². The zero-order valence-electron chi connectivity index (χ0n) is 9.38. The van der Waals surface area contributed by atoms with Gasteiger partial charge in [0, 0.05) is 0 Å². The lowest BCUT2D eigenvalue weighted by Crippen LogP contribution is -2.20. The average molecular weight is 298 g/mol. The van der Waals surface area contributed by atoms with Crippen molar-refractivity contribution in [1.29, 1.82) is 5.26 Å². The quantitative estimate of drug-likeness (QED) is 0.821. The maximum atomic E-state index is 13.9. The highest BCUT2D eigenvalue weighted by molar-refractivity contribution is 9.10. The summed E-state index contributed by atoms with van der Waals surface area (Å²) < 4.78 is 19.7. The van der Waals surface area contributed by atoms with E-state index < -0.39 is 5.82 Å². The van der Waals surface area contributed by atoms with Gasteiger partial charge in [0.15, 0.2) is 11.6 Å². The summed E-state index contributed by atoms with van der Waals surface area (Å²) >= 11 is 3.08. The van der Waals surface area contributed by atoms with Crippen LogP contribution < -0.4 is 4.74 Å². The van der Waals surface area contributed by atoms with Crippen molar-refractivity contribution in [3.8, 4) is 11.8 Å². The van der Waals surface area contributed by atoms with Crippen LogP contribution in [0.25, 0.3) is 0 Å². The molecule has 1 aromatic carbocycles. The van der Waals surface area contributed by atoms with Crippen LogP contribution in [-0.2, 0) is 0 Å². The third-order valence-electron chi connectivity index (χ3n) is 3.01. The summed E-state index contributed by atoms with van der Waals surface area (Å²) in [6, 6.07) is 5.03. The molecule has 1 fully saturated rings. The fourth-order valence-corrected chi connectivity index (χ4v) is 2.49. The first kappa shape index (κ1) is 12.4. The Morgan fingerprint density at radius 3 is 2.65 bits per heavy atom. The molecule has 0 N–H and O–H groups in total. The molecular formula is C13H13BrFNO. The molecule has 0 radical (unpaired) electrons. The third-order valence-corrected chi connectivity index (χ3v) is 3.79. The van der Waals surface area contributed by atoms with E-state index in [1.165, 1.54) is 12.5 Å². The Kier molecular flexibility index (Phi) is 4.01. The van der Waals surface area contributed by atoms with E-state index in [1.807, 2.05) is 6.07 Å². The monoisotopic (exact) mass is 297 g/mol. The van der Waals surface area contributed by atoms with Crippen molar-refractivity contribution in [2.75, 3.05) is 0 Å². The Morgan fingerprint density at radius 1 is 1.29 bits per heavy atom. The summed E-state index contributed by atoms with van der Waals surface area (Å²) in [5.41, 5.74) is 0.290. The van der Waals surface area contributed by atoms with Crippen LogP contribution in [0.3, 0.4) is 0 Å². The Labute approximate surface area is 109 Å². The minimum atomic E-state index is -0.477. The predicted molar refractivity (Wildman–Crippen MR) is 66.3 cm³/mol. The summed E-state index contributed by atoms with van der Waals surface area (Å²) in [4.78, 5) is 0. The fraction of sp³-hybridized carbons (Fsp3) is 0.462. The summed E-state index contributed by atoms with van der Waals surface area (Å²) in [7, 11) is 0. The molecule has 0 unspecified atom stereocenters. The highest BCUT2D eigenvalue weighted by Gasteiger charge is 2.18. The fourth-order valence-electron chi connectivity index (χ4n) is 2.07. The first-order chi connectivity index (χ1) is 8.22. The molecule has 0 aromatic heterocycles. The molecule has 0 heterocycles. The number of halogens is 2. The van der Waals surface area contributed by atoms with Gasteiger partial charge in [-0.15, -0.1) is 0 Å². The first-order valence-corrected chi connectivity index (χ1v) is 6.56. The van der Waals surface area contributed by atoms with Gasteiger partial charge in [0.25, 0.3) is 0 Å². The molecule has 4 heteroatoms. The standard InChI is InChI=1S/C13H13BrFNO/c14-12-9(8-16)6-7-11(13(12)15)17-10-4-2-1-3-5-10/h6-7,10H,1-5H2. The van der Waals surface area contributed by atoms with Crippen LogP contribution in [0.2, 0.25) is 0 Å². The van der Waals surface area contributed by atoms with Crippen molar-refractivity contribution >= 4 is 15.9 Å². The van der Waals surface area contributed by atoms with Gasteiger partial charge in [-0.25, -0.2) is 4.39 Å². The molecule has 1 aromatic rings. The van der Waals surface area contributed by atoms with Crippen molar-refractivity contribution in [3.63, 3.8) is 0 Å². The molecule has 2 rings (SSSR count). The lowest BCUT2D eigenvalue weighted by atomic mass is 9.98. The van der Waals surface area contributed by atoms with Crippen LogP contribution in [0.5, 0.6) is 5.75 Å². The minimum absolute atomic E-state index is 0.109. The van der Waals surface area contributed by atoms with Crippen molar-refractivity contribution < 1.29 is 9.13 Å². The molecule has 90 valence electrons. The van der Waals surface area contributed by atoms with Crippen LogP contribution in [0.15, 0.2) is 16.6 Å². The number of rotatable bonds is 2. The van der Waals surface area contributed by atoms with Gasteiger partial charge in [-0.05, 0) is 53.7 Å². The number of ether oxygens (including phenoxy) is 1. The normalized spacial score (nSPS) is 16.5. The molecule has 1 saturated carbocycles. The average Bonchev–Trinajstić information content (AvgIpc) is 2.37. The van der Waals surface area contributed by atoms with Crippen LogP contribution in [0, 0.1) is 17.1 Å². The van der Waals surface area contributed by atoms with Crippen molar-refractivity contribution in [2.24, 2.45) is 0 Å². The third kappa shape index (κ3) is 2.78. The molecule has 1 aliphatic carbocycles. The Morgan fingerprint density at radius 2 is 2.00 bits per heavy atom. The molecule has 0 saturated heterocycles. The van der Waals surface area contributed by atoms with Gasteiger partial charge in [-0.3, -0.25) is 0 Å². The maximum absolute atomic E-state index is 13.9. The highest BCUT2D eigenvalue weighted by Crippen LogP contribution is 2.31. The predicted octanol–water partition coefficient (Wildman–Crippen LogP) is 4.17. The molecule has 2 nitrogen and oxygen atoms in total. The maximum Gasteiger partial charge on any atom is 0.180 e. The van der Waals surface area contributed by atoms with Gasteiger partial charge in [-0.2, -0.15) is 5.26 Å². The number of hydrogen-bond acceptors (Lipinski definition) is 2. The topological polar surface area (TPSA) is 33.0 Å². The molecular weight excluding hydrogens is 285 g/mol. The zero-order chi connectivity index (χ0) is 12.3. The van der Waals surface area contributed by atoms with Crippen molar-refractivity contribution in [2.45, 2.75) is 38.2 Å². The molecule has 0 aliphatic heterocycles. The van der Waals surface area contributed by atoms with Crippen LogP contribution in [-0.4, -0.2) is 6.10 Å². The van der Waals surface area contributed by atoms with E-state index in [1.54, 1.807) is 6.07 Å². The minimum Gasteiger partial charge on any atom is -0.487 e. The Bertz CT molecular complexity index is 449. The number of nitriles is 1. The second-order valence-electron chi connectivity index (χ2n) is 4.23. The van der Waals surface area contributed by atoms with E-state index in [-0.39, 0.29) is 16.3 Å². The second kappa shape index (κ2) is 5.50. The number of hydrogen-bond donors (Lipinski definition) is 0. The van der Waals surface area contributed by atoms with Gasteiger partial charge < -0.3 is 4.74 Å². The second-order valence-corrected chi connectivity index (χ2v) is 5.02. The van der Waals surface area contributed by atoms with Crippen molar-refractivity contribution in [3.05, 3.63) is 28.0 Å². The van der Waals surface area contributed by atoms with Gasteiger partial charge in [0.1, 0.15) is 6.07 Å². The summed E-state index contributed by atoms with van der Waals surface area (Å²) in [6.45, 7) is 0. The highest BCUT2D eigenvalue weighted by atomic mass is 79.9. The lowest BCUT2D eigenvalue weighted by Gasteiger charge is -2.23. The van der Waals surface area contributed by atoms with Crippen LogP contribution in [0.4, 0.5) is 4.39 Å². The van der Waals surface area contributed by atoms with Gasteiger partial charge in [0.05, 0.1) is 16.1 Å². The van der Waals surface area contributed by atoms with Gasteiger partial charge in [0.2, 0.25) is 0 Å². The summed E-state index contributed by atoms with van der Waals surface area (Å²) in [6.07, 6.45) is 5.60. The smallest absolute Gasteiger partial charge is 0.180 e. The van der Waals surface area contributed by atoms with E-state index in [2.05, 4.69) is 15.9 Å². The largest absolute Gasteiger partial charge is 0.487 e.